The maximum absolute atomic E-state index is 12.4. The summed E-state index contributed by atoms with van der Waals surface area (Å²) in [6, 6.07) is 5.35. The summed E-state index contributed by atoms with van der Waals surface area (Å²) < 4.78 is 0. The van der Waals surface area contributed by atoms with Crippen molar-refractivity contribution in [1.29, 1.82) is 0 Å². The highest BCUT2D eigenvalue weighted by Gasteiger charge is 2.25. The normalized spacial score (nSPS) is 16.3. The van der Waals surface area contributed by atoms with E-state index in [0.29, 0.717) is 31.7 Å². The Kier molecular flexibility index (Phi) is 5.16. The number of hydrogen-bond acceptors (Lipinski definition) is 3. The molecule has 5 nitrogen and oxygen atoms in total. The van der Waals surface area contributed by atoms with Gasteiger partial charge in [-0.15, -0.1) is 0 Å². The van der Waals surface area contributed by atoms with Crippen LogP contribution < -0.4 is 0 Å². The maximum Gasteiger partial charge on any atom is 0.272 e. The number of nitrogens with zero attached hydrogens (tertiary/aromatic N) is 3. The Morgan fingerprint density at radius 1 is 1.09 bits per heavy atom. The van der Waals surface area contributed by atoms with Gasteiger partial charge in [-0.1, -0.05) is 26.8 Å². The van der Waals surface area contributed by atoms with E-state index < -0.39 is 0 Å². The van der Waals surface area contributed by atoms with Gasteiger partial charge in [0.25, 0.3) is 5.91 Å². The second-order valence-corrected chi connectivity index (χ2v) is 6.98. The molecule has 0 atom stereocenters. The smallest absolute Gasteiger partial charge is 0.272 e. The standard InChI is InChI=1S/C17H25N3O2/c1-17(2,3)13-15(21)19-9-6-10-20(12-11-19)16(22)14-7-4-5-8-18-14/h4-5,7-8H,6,9-13H2,1-3H3. The summed E-state index contributed by atoms with van der Waals surface area (Å²) in [5.74, 6) is 0.130. The van der Waals surface area contributed by atoms with Crippen molar-refractivity contribution in [1.82, 2.24) is 14.8 Å². The number of carbonyl (C=O) groups excluding carboxylic acids is 2. The van der Waals surface area contributed by atoms with E-state index >= 15 is 0 Å². The first-order chi connectivity index (χ1) is 10.4. The second kappa shape index (κ2) is 6.90. The van der Waals surface area contributed by atoms with Crippen molar-refractivity contribution in [2.24, 2.45) is 5.41 Å². The molecule has 1 aliphatic rings. The fourth-order valence-electron chi connectivity index (χ4n) is 2.59. The lowest BCUT2D eigenvalue weighted by molar-refractivity contribution is -0.132. The van der Waals surface area contributed by atoms with Crippen LogP contribution in [0.4, 0.5) is 0 Å². The molecule has 0 bridgehead atoms. The molecule has 2 rings (SSSR count). The molecule has 5 heteroatoms. The number of rotatable bonds is 2. The number of amides is 2. The molecule has 0 aliphatic carbocycles. The summed E-state index contributed by atoms with van der Waals surface area (Å²) in [4.78, 5) is 32.5. The minimum Gasteiger partial charge on any atom is -0.341 e. The fourth-order valence-corrected chi connectivity index (χ4v) is 2.59. The van der Waals surface area contributed by atoms with Gasteiger partial charge in [0, 0.05) is 38.8 Å². The Morgan fingerprint density at radius 2 is 1.77 bits per heavy atom. The molecular weight excluding hydrogens is 278 g/mol. The van der Waals surface area contributed by atoms with Crippen LogP contribution in [-0.4, -0.2) is 52.8 Å². The van der Waals surface area contributed by atoms with E-state index in [1.54, 1.807) is 23.2 Å². The first-order valence-corrected chi connectivity index (χ1v) is 7.85. The predicted octanol–water partition coefficient (Wildman–Crippen LogP) is 2.19. The van der Waals surface area contributed by atoms with Crippen molar-refractivity contribution in [3.63, 3.8) is 0 Å². The van der Waals surface area contributed by atoms with Gasteiger partial charge in [-0.25, -0.2) is 0 Å². The summed E-state index contributed by atoms with van der Waals surface area (Å²) in [6.45, 7) is 8.78. The molecular formula is C17H25N3O2. The third-order valence-electron chi connectivity index (χ3n) is 3.70. The summed E-state index contributed by atoms with van der Waals surface area (Å²) in [6.07, 6.45) is 2.99. The van der Waals surface area contributed by atoms with Gasteiger partial charge in [-0.05, 0) is 24.0 Å². The van der Waals surface area contributed by atoms with Crippen LogP contribution >= 0.6 is 0 Å². The second-order valence-electron chi connectivity index (χ2n) is 6.98. The van der Waals surface area contributed by atoms with Crippen LogP contribution in [0.5, 0.6) is 0 Å². The monoisotopic (exact) mass is 303 g/mol. The van der Waals surface area contributed by atoms with Crippen LogP contribution in [0.2, 0.25) is 0 Å². The first-order valence-electron chi connectivity index (χ1n) is 7.85. The molecule has 2 amide bonds. The van der Waals surface area contributed by atoms with Gasteiger partial charge in [0.05, 0.1) is 0 Å². The van der Waals surface area contributed by atoms with Crippen molar-refractivity contribution < 1.29 is 9.59 Å². The molecule has 1 fully saturated rings. The molecule has 0 unspecified atom stereocenters. The third-order valence-corrected chi connectivity index (χ3v) is 3.70. The molecule has 1 aliphatic heterocycles. The summed E-state index contributed by atoms with van der Waals surface area (Å²) >= 11 is 0. The minimum atomic E-state index is -0.0503. The molecule has 1 saturated heterocycles. The summed E-state index contributed by atoms with van der Waals surface area (Å²) in [7, 11) is 0. The van der Waals surface area contributed by atoms with Crippen LogP contribution in [-0.2, 0) is 4.79 Å². The van der Waals surface area contributed by atoms with Gasteiger partial charge in [-0.3, -0.25) is 14.6 Å². The molecule has 2 heterocycles. The largest absolute Gasteiger partial charge is 0.341 e. The minimum absolute atomic E-state index is 0.00709. The van der Waals surface area contributed by atoms with Crippen molar-refractivity contribution in [3.8, 4) is 0 Å². The first kappa shape index (κ1) is 16.5. The molecule has 120 valence electrons. The van der Waals surface area contributed by atoms with E-state index in [9.17, 15) is 9.59 Å². The zero-order valence-corrected chi connectivity index (χ0v) is 13.7. The highest BCUT2D eigenvalue weighted by atomic mass is 16.2. The van der Waals surface area contributed by atoms with Gasteiger partial charge in [0.1, 0.15) is 5.69 Å². The van der Waals surface area contributed by atoms with Gasteiger partial charge in [0.2, 0.25) is 5.91 Å². The molecule has 0 saturated carbocycles. The molecule has 0 aromatic carbocycles. The Morgan fingerprint density at radius 3 is 2.41 bits per heavy atom. The third kappa shape index (κ3) is 4.55. The number of carbonyl (C=O) groups is 2. The highest BCUT2D eigenvalue weighted by Crippen LogP contribution is 2.20. The Hall–Kier alpha value is -1.91. The molecule has 22 heavy (non-hydrogen) atoms. The topological polar surface area (TPSA) is 53.5 Å². The maximum atomic E-state index is 12.4. The van der Waals surface area contributed by atoms with Gasteiger partial charge in [0.15, 0.2) is 0 Å². The van der Waals surface area contributed by atoms with Crippen LogP contribution in [0, 0.1) is 5.41 Å². The summed E-state index contributed by atoms with van der Waals surface area (Å²) in [5.41, 5.74) is 0.462. The van der Waals surface area contributed by atoms with E-state index in [2.05, 4.69) is 25.8 Å². The SMILES string of the molecule is CC(C)(C)CC(=O)N1CCCN(C(=O)c2ccccn2)CC1. The average Bonchev–Trinajstić information content (AvgIpc) is 2.71. The Labute approximate surface area is 132 Å². The number of hydrogen-bond donors (Lipinski definition) is 0. The summed E-state index contributed by atoms with van der Waals surface area (Å²) in [5, 5.41) is 0. The molecule has 0 spiro atoms. The van der Waals surface area contributed by atoms with Crippen molar-refractivity contribution in [2.45, 2.75) is 33.6 Å². The predicted molar refractivity (Wildman–Crippen MR) is 85.4 cm³/mol. The zero-order chi connectivity index (χ0) is 16.2. The number of pyridine rings is 1. The lowest BCUT2D eigenvalue weighted by Crippen LogP contribution is -2.38. The Bertz CT molecular complexity index is 522. The fraction of sp³-hybridized carbons (Fsp3) is 0.588. The van der Waals surface area contributed by atoms with Crippen molar-refractivity contribution >= 4 is 11.8 Å². The number of aromatic nitrogens is 1. The Balaban J connectivity index is 1.95. The molecule has 0 radical (unpaired) electrons. The van der Waals surface area contributed by atoms with E-state index in [1.165, 1.54) is 0 Å². The molecule has 0 N–H and O–H groups in total. The van der Waals surface area contributed by atoms with Crippen LogP contribution in [0.25, 0.3) is 0 Å². The molecule has 1 aromatic heterocycles. The van der Waals surface area contributed by atoms with Crippen LogP contribution in [0.1, 0.15) is 44.1 Å². The zero-order valence-electron chi connectivity index (χ0n) is 13.7. The quantitative estimate of drug-likeness (QED) is 0.841. The van der Waals surface area contributed by atoms with E-state index in [-0.39, 0.29) is 17.2 Å². The van der Waals surface area contributed by atoms with E-state index in [0.717, 1.165) is 13.0 Å². The van der Waals surface area contributed by atoms with Crippen LogP contribution in [0.3, 0.4) is 0 Å². The van der Waals surface area contributed by atoms with Crippen molar-refractivity contribution in [3.05, 3.63) is 30.1 Å². The highest BCUT2D eigenvalue weighted by molar-refractivity contribution is 5.92. The van der Waals surface area contributed by atoms with Crippen LogP contribution in [0.15, 0.2) is 24.4 Å². The van der Waals surface area contributed by atoms with E-state index in [4.69, 9.17) is 0 Å². The molecule has 1 aromatic rings. The van der Waals surface area contributed by atoms with Gasteiger partial charge in [-0.2, -0.15) is 0 Å². The van der Waals surface area contributed by atoms with E-state index in [1.807, 2.05) is 11.0 Å². The lowest BCUT2D eigenvalue weighted by atomic mass is 9.91. The van der Waals surface area contributed by atoms with Crippen molar-refractivity contribution in [2.75, 3.05) is 26.2 Å². The van der Waals surface area contributed by atoms with Gasteiger partial charge >= 0.3 is 0 Å². The van der Waals surface area contributed by atoms with Gasteiger partial charge < -0.3 is 9.80 Å². The average molecular weight is 303 g/mol. The lowest BCUT2D eigenvalue weighted by Gasteiger charge is -2.25.